The molecule has 2 aliphatic heterocycles. The van der Waals surface area contributed by atoms with Crippen LogP contribution < -0.4 is 19.1 Å². The average Bonchev–Trinajstić information content (AvgIpc) is 2.89. The SMILES string of the molecule is COc1cc2c(c(OC)c1OC)C(=O)C(=O)N2CCN1CCCCC1. The van der Waals surface area contributed by atoms with E-state index in [9.17, 15) is 9.59 Å². The Morgan fingerprint density at radius 1 is 0.920 bits per heavy atom. The maximum atomic E-state index is 12.5. The molecule has 0 unspecified atom stereocenters. The summed E-state index contributed by atoms with van der Waals surface area (Å²) < 4.78 is 16.0. The Morgan fingerprint density at radius 2 is 1.60 bits per heavy atom. The smallest absolute Gasteiger partial charge is 0.299 e. The van der Waals surface area contributed by atoms with Gasteiger partial charge in [-0.3, -0.25) is 9.59 Å². The number of ether oxygens (including phenoxy) is 3. The highest BCUT2D eigenvalue weighted by molar-refractivity contribution is 6.53. The lowest BCUT2D eigenvalue weighted by Gasteiger charge is -2.28. The number of hydrogen-bond acceptors (Lipinski definition) is 6. The number of fused-ring (bicyclic) bond motifs is 1. The lowest BCUT2D eigenvalue weighted by atomic mass is 10.1. The summed E-state index contributed by atoms with van der Waals surface area (Å²) in [5.41, 5.74) is 0.783. The van der Waals surface area contributed by atoms with Gasteiger partial charge in [-0.05, 0) is 25.9 Å². The normalized spacial score (nSPS) is 17.6. The predicted molar refractivity (Wildman–Crippen MR) is 93.1 cm³/mol. The number of benzene rings is 1. The van der Waals surface area contributed by atoms with Gasteiger partial charge in [-0.1, -0.05) is 6.42 Å². The van der Waals surface area contributed by atoms with Crippen LogP contribution in [0, 0.1) is 0 Å². The van der Waals surface area contributed by atoms with Crippen molar-refractivity contribution >= 4 is 17.4 Å². The number of ketones is 1. The fourth-order valence-corrected chi connectivity index (χ4v) is 3.56. The number of Topliss-reactive ketones (excluding diaryl/α,β-unsaturated/α-hetero) is 1. The van der Waals surface area contributed by atoms with Crippen molar-refractivity contribution in [3.63, 3.8) is 0 Å². The summed E-state index contributed by atoms with van der Waals surface area (Å²) in [5, 5.41) is 0. The van der Waals surface area contributed by atoms with E-state index >= 15 is 0 Å². The third-order valence-corrected chi connectivity index (χ3v) is 4.85. The molecule has 7 nitrogen and oxygen atoms in total. The van der Waals surface area contributed by atoms with Crippen LogP contribution in [0.15, 0.2) is 6.07 Å². The van der Waals surface area contributed by atoms with Crippen LogP contribution in [0.2, 0.25) is 0 Å². The number of methoxy groups -OCH3 is 3. The van der Waals surface area contributed by atoms with E-state index in [-0.39, 0.29) is 11.3 Å². The van der Waals surface area contributed by atoms with Gasteiger partial charge in [0.1, 0.15) is 0 Å². The summed E-state index contributed by atoms with van der Waals surface area (Å²) in [5.74, 6) is -0.0888. The highest BCUT2D eigenvalue weighted by atomic mass is 16.5. The second kappa shape index (κ2) is 7.31. The molecule has 1 aromatic carbocycles. The summed E-state index contributed by atoms with van der Waals surface area (Å²) >= 11 is 0. The number of rotatable bonds is 6. The monoisotopic (exact) mass is 348 g/mol. The number of piperidine rings is 1. The Balaban J connectivity index is 1.93. The van der Waals surface area contributed by atoms with Crippen molar-refractivity contribution < 1.29 is 23.8 Å². The highest BCUT2D eigenvalue weighted by Gasteiger charge is 2.41. The zero-order chi connectivity index (χ0) is 18.0. The van der Waals surface area contributed by atoms with Gasteiger partial charge < -0.3 is 24.0 Å². The largest absolute Gasteiger partial charge is 0.493 e. The van der Waals surface area contributed by atoms with Crippen LogP contribution in [-0.4, -0.2) is 64.1 Å². The second-order valence-electron chi connectivity index (χ2n) is 6.23. The molecule has 1 saturated heterocycles. The molecule has 0 aliphatic carbocycles. The number of anilines is 1. The Hall–Kier alpha value is -2.28. The molecule has 1 aromatic rings. The first-order valence-electron chi connectivity index (χ1n) is 8.53. The molecule has 136 valence electrons. The first-order chi connectivity index (χ1) is 12.1. The van der Waals surface area contributed by atoms with Gasteiger partial charge >= 0.3 is 0 Å². The molecule has 0 atom stereocenters. The van der Waals surface area contributed by atoms with Crippen LogP contribution in [0.5, 0.6) is 17.2 Å². The lowest BCUT2D eigenvalue weighted by Crippen LogP contribution is -2.40. The van der Waals surface area contributed by atoms with E-state index in [0.717, 1.165) is 19.6 Å². The molecule has 25 heavy (non-hydrogen) atoms. The maximum Gasteiger partial charge on any atom is 0.299 e. The molecule has 0 saturated carbocycles. The molecule has 3 rings (SSSR count). The number of amides is 1. The zero-order valence-corrected chi connectivity index (χ0v) is 15.0. The Bertz CT molecular complexity index is 683. The summed E-state index contributed by atoms with van der Waals surface area (Å²) in [6.45, 7) is 3.29. The zero-order valence-electron chi connectivity index (χ0n) is 15.0. The minimum absolute atomic E-state index is 0.246. The van der Waals surface area contributed by atoms with Crippen LogP contribution in [-0.2, 0) is 4.79 Å². The van der Waals surface area contributed by atoms with Crippen LogP contribution in [0.3, 0.4) is 0 Å². The number of likely N-dealkylation sites (tertiary alicyclic amines) is 1. The molecule has 1 fully saturated rings. The summed E-state index contributed by atoms with van der Waals surface area (Å²) in [6, 6.07) is 1.68. The Morgan fingerprint density at radius 3 is 2.20 bits per heavy atom. The van der Waals surface area contributed by atoms with E-state index in [2.05, 4.69) is 4.90 Å². The highest BCUT2D eigenvalue weighted by Crippen LogP contribution is 2.47. The minimum atomic E-state index is -0.563. The summed E-state index contributed by atoms with van der Waals surface area (Å²) in [7, 11) is 4.44. The Kier molecular flexibility index (Phi) is 5.13. The molecule has 2 heterocycles. The molecule has 0 spiro atoms. The van der Waals surface area contributed by atoms with Gasteiger partial charge in [0.25, 0.3) is 11.7 Å². The number of nitrogens with zero attached hydrogens (tertiary/aromatic N) is 2. The van der Waals surface area contributed by atoms with Crippen molar-refractivity contribution in [2.75, 3.05) is 52.4 Å². The standard InChI is InChI=1S/C18H24N2O5/c1-23-13-11-12-14(17(25-3)16(13)24-2)15(21)18(22)20(12)10-9-19-7-5-4-6-8-19/h11H,4-10H2,1-3H3. The lowest BCUT2D eigenvalue weighted by molar-refractivity contribution is -0.114. The van der Waals surface area contributed by atoms with Crippen LogP contribution in [0.1, 0.15) is 29.6 Å². The molecule has 2 aliphatic rings. The van der Waals surface area contributed by atoms with E-state index < -0.39 is 11.7 Å². The summed E-state index contributed by atoms with van der Waals surface area (Å²) in [4.78, 5) is 28.9. The van der Waals surface area contributed by atoms with Crippen LogP contribution in [0.4, 0.5) is 5.69 Å². The van der Waals surface area contributed by atoms with Gasteiger partial charge in [0, 0.05) is 19.2 Å². The van der Waals surface area contributed by atoms with Crippen molar-refractivity contribution in [1.82, 2.24) is 4.90 Å². The van der Waals surface area contributed by atoms with Crippen molar-refractivity contribution in [2.24, 2.45) is 0 Å². The average molecular weight is 348 g/mol. The van der Waals surface area contributed by atoms with Gasteiger partial charge in [0.05, 0.1) is 32.6 Å². The maximum absolute atomic E-state index is 12.5. The quantitative estimate of drug-likeness (QED) is 0.730. The fourth-order valence-electron chi connectivity index (χ4n) is 3.56. The molecule has 0 N–H and O–H groups in total. The third-order valence-electron chi connectivity index (χ3n) is 4.85. The molecule has 0 aromatic heterocycles. The third kappa shape index (κ3) is 3.04. The topological polar surface area (TPSA) is 68.3 Å². The first-order valence-corrected chi connectivity index (χ1v) is 8.53. The predicted octanol–water partition coefficient (Wildman–Crippen LogP) is 1.73. The van der Waals surface area contributed by atoms with E-state index in [1.165, 1.54) is 45.5 Å². The fraction of sp³-hybridized carbons (Fsp3) is 0.556. The van der Waals surface area contributed by atoms with E-state index in [4.69, 9.17) is 14.2 Å². The van der Waals surface area contributed by atoms with Gasteiger partial charge in [-0.15, -0.1) is 0 Å². The number of carbonyl (C=O) groups excluding carboxylic acids is 2. The Labute approximate surface area is 147 Å². The number of carbonyl (C=O) groups is 2. The van der Waals surface area contributed by atoms with Gasteiger partial charge in [0.2, 0.25) is 5.75 Å². The molecule has 1 amide bonds. The van der Waals surface area contributed by atoms with Crippen molar-refractivity contribution in [3.8, 4) is 17.2 Å². The second-order valence-corrected chi connectivity index (χ2v) is 6.23. The minimum Gasteiger partial charge on any atom is -0.493 e. The van der Waals surface area contributed by atoms with Crippen LogP contribution >= 0.6 is 0 Å². The first kappa shape index (κ1) is 17.5. The van der Waals surface area contributed by atoms with Crippen molar-refractivity contribution in [1.29, 1.82) is 0 Å². The van der Waals surface area contributed by atoms with Crippen molar-refractivity contribution in [3.05, 3.63) is 11.6 Å². The summed E-state index contributed by atoms with van der Waals surface area (Å²) in [6.07, 6.45) is 3.62. The van der Waals surface area contributed by atoms with Crippen molar-refractivity contribution in [2.45, 2.75) is 19.3 Å². The van der Waals surface area contributed by atoms with Gasteiger partial charge in [-0.25, -0.2) is 0 Å². The van der Waals surface area contributed by atoms with E-state index in [0.29, 0.717) is 23.7 Å². The van der Waals surface area contributed by atoms with E-state index in [1.807, 2.05) is 0 Å². The van der Waals surface area contributed by atoms with Gasteiger partial charge in [0.15, 0.2) is 11.5 Å². The molecular formula is C18H24N2O5. The molecule has 0 radical (unpaired) electrons. The molecular weight excluding hydrogens is 324 g/mol. The van der Waals surface area contributed by atoms with Gasteiger partial charge in [-0.2, -0.15) is 0 Å². The van der Waals surface area contributed by atoms with E-state index in [1.54, 1.807) is 6.07 Å². The molecule has 0 bridgehead atoms. The van der Waals surface area contributed by atoms with Crippen LogP contribution in [0.25, 0.3) is 0 Å². The molecule has 7 heteroatoms. The number of hydrogen-bond donors (Lipinski definition) is 0.